The first-order chi connectivity index (χ1) is 9.56. The van der Waals surface area contributed by atoms with Gasteiger partial charge in [0.2, 0.25) is 5.91 Å². The lowest BCUT2D eigenvalue weighted by atomic mass is 10.0. The van der Waals surface area contributed by atoms with Crippen LogP contribution in [0.2, 0.25) is 0 Å². The van der Waals surface area contributed by atoms with Crippen molar-refractivity contribution in [3.05, 3.63) is 35.4 Å². The zero-order valence-electron chi connectivity index (χ0n) is 12.8. The van der Waals surface area contributed by atoms with E-state index in [1.54, 1.807) is 4.90 Å². The fraction of sp³-hybridized carbons (Fsp3) is 0.562. The normalized spacial score (nSPS) is 17.1. The number of piperazine rings is 1. The first kappa shape index (κ1) is 15.0. The van der Waals surface area contributed by atoms with Crippen molar-refractivity contribution in [3.63, 3.8) is 0 Å². The summed E-state index contributed by atoms with van der Waals surface area (Å²) in [6, 6.07) is 8.31. The van der Waals surface area contributed by atoms with Gasteiger partial charge in [-0.1, -0.05) is 24.3 Å². The van der Waals surface area contributed by atoms with E-state index in [0.29, 0.717) is 6.42 Å². The highest BCUT2D eigenvalue weighted by atomic mass is 16.2. The molecule has 0 unspecified atom stereocenters. The molecule has 1 fully saturated rings. The Morgan fingerprint density at radius 3 is 2.30 bits per heavy atom. The molecule has 4 nitrogen and oxygen atoms in total. The maximum absolute atomic E-state index is 11.9. The van der Waals surface area contributed by atoms with E-state index >= 15 is 0 Å². The van der Waals surface area contributed by atoms with Gasteiger partial charge >= 0.3 is 0 Å². The summed E-state index contributed by atoms with van der Waals surface area (Å²) in [6.07, 6.45) is 0.497. The summed E-state index contributed by atoms with van der Waals surface area (Å²) in [5, 5.41) is 0. The molecule has 0 radical (unpaired) electrons. The van der Waals surface area contributed by atoms with E-state index in [1.807, 2.05) is 20.2 Å². The minimum absolute atomic E-state index is 0.163. The Morgan fingerprint density at radius 1 is 1.10 bits per heavy atom. The predicted molar refractivity (Wildman–Crippen MR) is 81.6 cm³/mol. The highest BCUT2D eigenvalue weighted by molar-refractivity contribution is 5.78. The number of rotatable bonds is 4. The third-order valence-electron chi connectivity index (χ3n) is 3.95. The molecule has 0 saturated carbocycles. The van der Waals surface area contributed by atoms with Gasteiger partial charge in [0.05, 0.1) is 6.42 Å². The Bertz CT molecular complexity index is 451. The zero-order chi connectivity index (χ0) is 14.5. The third-order valence-corrected chi connectivity index (χ3v) is 3.95. The number of hydrogen-bond acceptors (Lipinski definition) is 3. The SMILES string of the molecule is CN1CCN(Cc2ccccc2CC(=O)N(C)C)CC1. The molecule has 1 saturated heterocycles. The molecule has 1 aromatic carbocycles. The maximum Gasteiger partial charge on any atom is 0.226 e. The van der Waals surface area contributed by atoms with Crippen LogP contribution in [-0.4, -0.2) is 67.9 Å². The largest absolute Gasteiger partial charge is 0.349 e. The van der Waals surface area contributed by atoms with E-state index in [0.717, 1.165) is 38.3 Å². The van der Waals surface area contributed by atoms with Crippen LogP contribution in [-0.2, 0) is 17.8 Å². The van der Waals surface area contributed by atoms with Crippen molar-refractivity contribution < 1.29 is 4.79 Å². The second kappa shape index (κ2) is 6.86. The smallest absolute Gasteiger partial charge is 0.226 e. The Labute approximate surface area is 122 Å². The van der Waals surface area contributed by atoms with Gasteiger partial charge in [-0.15, -0.1) is 0 Å². The van der Waals surface area contributed by atoms with Gasteiger partial charge in [-0.05, 0) is 18.2 Å². The lowest BCUT2D eigenvalue weighted by molar-refractivity contribution is -0.127. The van der Waals surface area contributed by atoms with Crippen molar-refractivity contribution in [3.8, 4) is 0 Å². The predicted octanol–water partition coefficient (Wildman–Crippen LogP) is 1.06. The van der Waals surface area contributed by atoms with Crippen LogP contribution < -0.4 is 0 Å². The first-order valence-corrected chi connectivity index (χ1v) is 7.24. The molecule has 1 amide bonds. The lowest BCUT2D eigenvalue weighted by Crippen LogP contribution is -2.44. The average Bonchev–Trinajstić information content (AvgIpc) is 2.43. The zero-order valence-corrected chi connectivity index (χ0v) is 12.8. The molecular weight excluding hydrogens is 250 g/mol. The molecule has 0 spiro atoms. The summed E-state index contributed by atoms with van der Waals surface area (Å²) in [5.41, 5.74) is 2.44. The van der Waals surface area contributed by atoms with Gasteiger partial charge in [0.25, 0.3) is 0 Å². The van der Waals surface area contributed by atoms with Crippen LogP contribution in [0.5, 0.6) is 0 Å². The number of nitrogens with zero attached hydrogens (tertiary/aromatic N) is 3. The fourth-order valence-electron chi connectivity index (χ4n) is 2.45. The summed E-state index contributed by atoms with van der Waals surface area (Å²) in [5.74, 6) is 0.163. The van der Waals surface area contributed by atoms with Crippen LogP contribution in [0, 0.1) is 0 Å². The molecule has 1 aliphatic rings. The van der Waals surface area contributed by atoms with E-state index in [1.165, 1.54) is 5.56 Å². The van der Waals surface area contributed by atoms with E-state index in [9.17, 15) is 4.79 Å². The van der Waals surface area contributed by atoms with Crippen LogP contribution in [0.4, 0.5) is 0 Å². The molecule has 0 bridgehead atoms. The van der Waals surface area contributed by atoms with Crippen molar-refractivity contribution in [2.75, 3.05) is 47.3 Å². The van der Waals surface area contributed by atoms with Gasteiger partial charge in [-0.3, -0.25) is 9.69 Å². The van der Waals surface area contributed by atoms with Gasteiger partial charge in [-0.25, -0.2) is 0 Å². The molecular formula is C16H25N3O. The second-order valence-electron chi connectivity index (χ2n) is 5.81. The second-order valence-corrected chi connectivity index (χ2v) is 5.81. The standard InChI is InChI=1S/C16H25N3O/c1-17(2)16(20)12-14-6-4-5-7-15(14)13-19-10-8-18(3)9-11-19/h4-7H,8-13H2,1-3H3. The van der Waals surface area contributed by atoms with E-state index in [-0.39, 0.29) is 5.91 Å². The highest BCUT2D eigenvalue weighted by Crippen LogP contribution is 2.14. The van der Waals surface area contributed by atoms with E-state index in [2.05, 4.69) is 35.0 Å². The number of amides is 1. The summed E-state index contributed by atoms with van der Waals surface area (Å²) >= 11 is 0. The van der Waals surface area contributed by atoms with Gasteiger partial charge in [0, 0.05) is 46.8 Å². The Balaban J connectivity index is 2.02. The maximum atomic E-state index is 11.9. The molecule has 1 aliphatic heterocycles. The number of carbonyl (C=O) groups is 1. The molecule has 4 heteroatoms. The molecule has 0 aromatic heterocycles. The summed E-state index contributed by atoms with van der Waals surface area (Å²) in [4.78, 5) is 18.4. The molecule has 1 heterocycles. The van der Waals surface area contributed by atoms with Crippen molar-refractivity contribution in [1.29, 1.82) is 0 Å². The summed E-state index contributed by atoms with van der Waals surface area (Å²) in [7, 11) is 5.79. The molecule has 110 valence electrons. The molecule has 0 aliphatic carbocycles. The molecule has 2 rings (SSSR count). The number of carbonyl (C=O) groups excluding carboxylic acids is 1. The minimum atomic E-state index is 0.163. The first-order valence-electron chi connectivity index (χ1n) is 7.24. The summed E-state index contributed by atoms with van der Waals surface area (Å²) < 4.78 is 0. The Morgan fingerprint density at radius 2 is 1.70 bits per heavy atom. The molecule has 0 atom stereocenters. The lowest BCUT2D eigenvalue weighted by Gasteiger charge is -2.32. The van der Waals surface area contributed by atoms with Crippen molar-refractivity contribution >= 4 is 5.91 Å². The van der Waals surface area contributed by atoms with Gasteiger partial charge in [0.15, 0.2) is 0 Å². The van der Waals surface area contributed by atoms with Crippen molar-refractivity contribution in [2.24, 2.45) is 0 Å². The van der Waals surface area contributed by atoms with Crippen molar-refractivity contribution in [1.82, 2.24) is 14.7 Å². The fourth-order valence-corrected chi connectivity index (χ4v) is 2.45. The monoisotopic (exact) mass is 275 g/mol. The third kappa shape index (κ3) is 4.05. The average molecular weight is 275 g/mol. The van der Waals surface area contributed by atoms with E-state index < -0.39 is 0 Å². The van der Waals surface area contributed by atoms with Crippen molar-refractivity contribution in [2.45, 2.75) is 13.0 Å². The highest BCUT2D eigenvalue weighted by Gasteiger charge is 2.16. The summed E-state index contributed by atoms with van der Waals surface area (Å²) in [6.45, 7) is 5.40. The van der Waals surface area contributed by atoms with Gasteiger partial charge in [-0.2, -0.15) is 0 Å². The van der Waals surface area contributed by atoms with Crippen LogP contribution in [0.25, 0.3) is 0 Å². The number of benzene rings is 1. The number of hydrogen-bond donors (Lipinski definition) is 0. The van der Waals surface area contributed by atoms with Crippen LogP contribution >= 0.6 is 0 Å². The molecule has 20 heavy (non-hydrogen) atoms. The number of likely N-dealkylation sites (N-methyl/N-ethyl adjacent to an activating group) is 2. The Kier molecular flexibility index (Phi) is 5.15. The molecule has 0 N–H and O–H groups in total. The topological polar surface area (TPSA) is 26.8 Å². The van der Waals surface area contributed by atoms with Crippen LogP contribution in [0.15, 0.2) is 24.3 Å². The van der Waals surface area contributed by atoms with Crippen LogP contribution in [0.3, 0.4) is 0 Å². The van der Waals surface area contributed by atoms with Crippen LogP contribution in [0.1, 0.15) is 11.1 Å². The van der Waals surface area contributed by atoms with Gasteiger partial charge < -0.3 is 9.80 Å². The Hall–Kier alpha value is -1.39. The quantitative estimate of drug-likeness (QED) is 0.822. The minimum Gasteiger partial charge on any atom is -0.349 e. The van der Waals surface area contributed by atoms with E-state index in [4.69, 9.17) is 0 Å². The molecule has 1 aromatic rings. The van der Waals surface area contributed by atoms with Gasteiger partial charge in [0.1, 0.15) is 0 Å².